The van der Waals surface area contributed by atoms with E-state index in [2.05, 4.69) is 6.92 Å². The fourth-order valence-electron chi connectivity index (χ4n) is 3.12. The third-order valence-corrected chi connectivity index (χ3v) is 4.52. The number of ketones is 1. The normalized spacial score (nSPS) is 18.0. The molecule has 0 aromatic heterocycles. The summed E-state index contributed by atoms with van der Waals surface area (Å²) >= 11 is 0. The summed E-state index contributed by atoms with van der Waals surface area (Å²) in [7, 11) is 0. The van der Waals surface area contributed by atoms with E-state index in [0.717, 1.165) is 32.1 Å². The van der Waals surface area contributed by atoms with Gasteiger partial charge in [-0.1, -0.05) is 45.4 Å². The molecule has 0 saturated carbocycles. The lowest BCUT2D eigenvalue weighted by Crippen LogP contribution is -2.48. The van der Waals surface area contributed by atoms with Crippen LogP contribution in [0.25, 0.3) is 0 Å². The highest BCUT2D eigenvalue weighted by Crippen LogP contribution is 2.19. The van der Waals surface area contributed by atoms with Crippen LogP contribution in [0.15, 0.2) is 0 Å². The number of nitrogens with zero attached hydrogens (tertiary/aromatic N) is 1. The summed E-state index contributed by atoms with van der Waals surface area (Å²) in [5.74, 6) is -1.33. The topological polar surface area (TPSA) is 74.7 Å². The molecule has 1 atom stereocenters. The van der Waals surface area contributed by atoms with Crippen molar-refractivity contribution in [2.24, 2.45) is 0 Å². The fraction of sp³-hybridized carbons (Fsp3) is 0.833. The van der Waals surface area contributed by atoms with Crippen molar-refractivity contribution in [1.29, 1.82) is 0 Å². The van der Waals surface area contributed by atoms with Crippen molar-refractivity contribution in [2.45, 2.75) is 90.0 Å². The van der Waals surface area contributed by atoms with Crippen molar-refractivity contribution in [3.05, 3.63) is 0 Å². The SMILES string of the molecule is CCCCCCCCCC(=O)CC(=O)N1CCCCC1C(=O)O. The van der Waals surface area contributed by atoms with E-state index in [-0.39, 0.29) is 18.1 Å². The molecule has 1 amide bonds. The number of Topliss-reactive ketones (excluding diaryl/α,β-unsaturated/α-hetero) is 1. The summed E-state index contributed by atoms with van der Waals surface area (Å²) in [5, 5.41) is 9.17. The highest BCUT2D eigenvalue weighted by molar-refractivity contribution is 5.99. The van der Waals surface area contributed by atoms with Crippen LogP contribution in [0.2, 0.25) is 0 Å². The van der Waals surface area contributed by atoms with Gasteiger partial charge in [-0.25, -0.2) is 4.79 Å². The van der Waals surface area contributed by atoms with Crippen LogP contribution in [0.1, 0.15) is 84.0 Å². The number of piperidine rings is 1. The molecule has 132 valence electrons. The number of rotatable bonds is 11. The molecule has 0 spiro atoms. The van der Waals surface area contributed by atoms with E-state index < -0.39 is 12.0 Å². The van der Waals surface area contributed by atoms with Crippen molar-refractivity contribution in [1.82, 2.24) is 4.90 Å². The number of carbonyl (C=O) groups excluding carboxylic acids is 2. The molecule has 5 nitrogen and oxygen atoms in total. The molecule has 0 radical (unpaired) electrons. The monoisotopic (exact) mass is 325 g/mol. The third kappa shape index (κ3) is 7.62. The summed E-state index contributed by atoms with van der Waals surface area (Å²) in [6, 6.07) is -0.748. The zero-order valence-corrected chi connectivity index (χ0v) is 14.4. The lowest BCUT2D eigenvalue weighted by atomic mass is 10.0. The Labute approximate surface area is 139 Å². The first-order chi connectivity index (χ1) is 11.1. The van der Waals surface area contributed by atoms with E-state index in [1.165, 1.54) is 30.6 Å². The van der Waals surface area contributed by atoms with Crippen LogP contribution < -0.4 is 0 Å². The molecule has 1 aliphatic rings. The highest BCUT2D eigenvalue weighted by Gasteiger charge is 2.32. The van der Waals surface area contributed by atoms with Gasteiger partial charge in [0.05, 0.1) is 6.42 Å². The van der Waals surface area contributed by atoms with Gasteiger partial charge in [0.2, 0.25) is 5.91 Å². The predicted molar refractivity (Wildman–Crippen MR) is 89.2 cm³/mol. The van der Waals surface area contributed by atoms with Crippen molar-refractivity contribution < 1.29 is 19.5 Å². The molecular formula is C18H31NO4. The molecule has 23 heavy (non-hydrogen) atoms. The third-order valence-electron chi connectivity index (χ3n) is 4.52. The minimum Gasteiger partial charge on any atom is -0.480 e. The summed E-state index contributed by atoms with van der Waals surface area (Å²) < 4.78 is 0. The largest absolute Gasteiger partial charge is 0.480 e. The number of hydrogen-bond acceptors (Lipinski definition) is 3. The van der Waals surface area contributed by atoms with E-state index in [0.29, 0.717) is 19.4 Å². The molecule has 1 unspecified atom stereocenters. The van der Waals surface area contributed by atoms with E-state index in [4.69, 9.17) is 0 Å². The Morgan fingerprint density at radius 2 is 1.65 bits per heavy atom. The summed E-state index contributed by atoms with van der Waals surface area (Å²) in [6.45, 7) is 2.65. The zero-order valence-electron chi connectivity index (χ0n) is 14.4. The Hall–Kier alpha value is -1.39. The van der Waals surface area contributed by atoms with Gasteiger partial charge in [0, 0.05) is 13.0 Å². The molecule has 5 heteroatoms. The maximum atomic E-state index is 12.2. The molecule has 0 aliphatic carbocycles. The van der Waals surface area contributed by atoms with Crippen molar-refractivity contribution in [2.75, 3.05) is 6.54 Å². The molecule has 0 aromatic carbocycles. The highest BCUT2D eigenvalue weighted by atomic mass is 16.4. The van der Waals surface area contributed by atoms with Gasteiger partial charge in [-0.05, 0) is 25.7 Å². The Morgan fingerprint density at radius 1 is 1.00 bits per heavy atom. The lowest BCUT2D eigenvalue weighted by molar-refractivity contribution is -0.153. The average molecular weight is 325 g/mol. The number of hydrogen-bond donors (Lipinski definition) is 1. The van der Waals surface area contributed by atoms with Gasteiger partial charge in [0.25, 0.3) is 0 Å². The molecule has 0 aromatic rings. The fourth-order valence-corrected chi connectivity index (χ4v) is 3.12. The van der Waals surface area contributed by atoms with Gasteiger partial charge < -0.3 is 10.0 Å². The Bertz CT molecular complexity index is 394. The number of likely N-dealkylation sites (tertiary alicyclic amines) is 1. The maximum absolute atomic E-state index is 12.2. The standard InChI is InChI=1S/C18H31NO4/c1-2-3-4-5-6-7-8-11-15(20)14-17(21)19-13-10-9-12-16(19)18(22)23/h16H,2-14H2,1H3,(H,22,23). The van der Waals surface area contributed by atoms with Gasteiger partial charge in [0.1, 0.15) is 11.8 Å². The quantitative estimate of drug-likeness (QED) is 0.465. The predicted octanol–water partition coefficient (Wildman–Crippen LogP) is 3.55. The van der Waals surface area contributed by atoms with Crippen LogP contribution in [-0.4, -0.2) is 40.3 Å². The van der Waals surface area contributed by atoms with Crippen LogP contribution >= 0.6 is 0 Å². The second-order valence-electron chi connectivity index (χ2n) is 6.52. The Morgan fingerprint density at radius 3 is 2.30 bits per heavy atom. The summed E-state index contributed by atoms with van der Waals surface area (Å²) in [5.41, 5.74) is 0. The zero-order chi connectivity index (χ0) is 17.1. The van der Waals surface area contributed by atoms with Crippen LogP contribution in [-0.2, 0) is 14.4 Å². The molecule has 1 saturated heterocycles. The number of unbranched alkanes of at least 4 members (excludes halogenated alkanes) is 6. The van der Waals surface area contributed by atoms with Crippen molar-refractivity contribution in [3.63, 3.8) is 0 Å². The Kier molecular flexibility index (Phi) is 9.57. The number of aliphatic carboxylic acids is 1. The van der Waals surface area contributed by atoms with E-state index in [9.17, 15) is 19.5 Å². The summed E-state index contributed by atoms with van der Waals surface area (Å²) in [4.78, 5) is 36.7. The van der Waals surface area contributed by atoms with Crippen molar-refractivity contribution >= 4 is 17.7 Å². The van der Waals surface area contributed by atoms with Crippen LogP contribution in [0.3, 0.4) is 0 Å². The molecule has 1 rings (SSSR count). The first-order valence-corrected chi connectivity index (χ1v) is 9.10. The number of amides is 1. The van der Waals surface area contributed by atoms with Gasteiger partial charge in [-0.3, -0.25) is 9.59 Å². The smallest absolute Gasteiger partial charge is 0.326 e. The average Bonchev–Trinajstić information content (AvgIpc) is 2.53. The Balaban J connectivity index is 2.22. The molecule has 1 aliphatic heterocycles. The number of carboxylic acids is 1. The van der Waals surface area contributed by atoms with Crippen LogP contribution in [0.4, 0.5) is 0 Å². The number of carboxylic acid groups (broad SMARTS) is 1. The number of carbonyl (C=O) groups is 3. The lowest BCUT2D eigenvalue weighted by Gasteiger charge is -2.32. The molecule has 0 bridgehead atoms. The minimum absolute atomic E-state index is 0.0572. The second kappa shape index (κ2) is 11.2. The molecule has 1 N–H and O–H groups in total. The van der Waals surface area contributed by atoms with Gasteiger partial charge in [-0.2, -0.15) is 0 Å². The van der Waals surface area contributed by atoms with Crippen molar-refractivity contribution in [3.8, 4) is 0 Å². The molecule has 1 fully saturated rings. The van der Waals surface area contributed by atoms with E-state index >= 15 is 0 Å². The first-order valence-electron chi connectivity index (χ1n) is 9.10. The van der Waals surface area contributed by atoms with Gasteiger partial charge in [0.15, 0.2) is 0 Å². The van der Waals surface area contributed by atoms with E-state index in [1.54, 1.807) is 0 Å². The minimum atomic E-state index is -0.961. The first kappa shape index (κ1) is 19.7. The van der Waals surface area contributed by atoms with Gasteiger partial charge >= 0.3 is 5.97 Å². The molecular weight excluding hydrogens is 294 g/mol. The van der Waals surface area contributed by atoms with E-state index in [1.807, 2.05) is 0 Å². The van der Waals surface area contributed by atoms with Crippen LogP contribution in [0.5, 0.6) is 0 Å². The summed E-state index contributed by atoms with van der Waals surface area (Å²) in [6.07, 6.45) is 10.4. The van der Waals surface area contributed by atoms with Crippen LogP contribution in [0, 0.1) is 0 Å². The van der Waals surface area contributed by atoms with Gasteiger partial charge in [-0.15, -0.1) is 0 Å². The second-order valence-corrected chi connectivity index (χ2v) is 6.52. The molecule has 1 heterocycles. The maximum Gasteiger partial charge on any atom is 0.326 e.